The Bertz CT molecular complexity index is 1150. The number of nitrogens with zero attached hydrogens (tertiary/aromatic N) is 1. The lowest BCUT2D eigenvalue weighted by atomic mass is 10.1. The minimum absolute atomic E-state index is 0.282. The lowest BCUT2D eigenvalue weighted by Gasteiger charge is -2.06. The molecule has 1 aliphatic heterocycles. The zero-order valence-corrected chi connectivity index (χ0v) is 19.8. The molecule has 0 saturated heterocycles. The summed E-state index contributed by atoms with van der Waals surface area (Å²) >= 11 is 5.69. The van der Waals surface area contributed by atoms with Crippen molar-refractivity contribution in [2.24, 2.45) is 4.99 Å². The van der Waals surface area contributed by atoms with Gasteiger partial charge in [-0.1, -0.05) is 40.2 Å². The highest BCUT2D eigenvalue weighted by atomic mass is 127. The van der Waals surface area contributed by atoms with Crippen LogP contribution in [0.5, 0.6) is 5.75 Å². The summed E-state index contributed by atoms with van der Waals surface area (Å²) in [7, 11) is 0. The van der Waals surface area contributed by atoms with Crippen LogP contribution in [-0.4, -0.2) is 11.9 Å². The van der Waals surface area contributed by atoms with Gasteiger partial charge < -0.3 is 9.47 Å². The number of esters is 1. The topological polar surface area (TPSA) is 47.9 Å². The molecule has 4 rings (SSSR count). The van der Waals surface area contributed by atoms with Crippen molar-refractivity contribution < 1.29 is 14.3 Å². The van der Waals surface area contributed by atoms with Gasteiger partial charge in [-0.3, -0.25) is 0 Å². The first-order valence-electron chi connectivity index (χ1n) is 9.24. The van der Waals surface area contributed by atoms with Gasteiger partial charge in [-0.2, -0.15) is 0 Å². The zero-order chi connectivity index (χ0) is 21.1. The van der Waals surface area contributed by atoms with E-state index in [9.17, 15) is 4.79 Å². The molecule has 0 amide bonds. The number of aliphatic imine (C=N–C) groups is 1. The van der Waals surface area contributed by atoms with Crippen LogP contribution in [0.25, 0.3) is 6.08 Å². The predicted molar refractivity (Wildman–Crippen MR) is 129 cm³/mol. The molecular weight excluding hydrogens is 557 g/mol. The molecule has 0 radical (unpaired) electrons. The maximum atomic E-state index is 12.2. The third-order valence-corrected chi connectivity index (χ3v) is 6.27. The highest BCUT2D eigenvalue weighted by Gasteiger charge is 2.24. The Balaban J connectivity index is 1.46. The van der Waals surface area contributed by atoms with Gasteiger partial charge in [0.1, 0.15) is 12.4 Å². The number of ether oxygens (including phenoxy) is 2. The molecule has 1 heterocycles. The summed E-state index contributed by atoms with van der Waals surface area (Å²) in [5.74, 6) is 0.643. The lowest BCUT2D eigenvalue weighted by molar-refractivity contribution is -0.129. The quantitative estimate of drug-likeness (QED) is 0.205. The first-order chi connectivity index (χ1) is 14.5. The van der Waals surface area contributed by atoms with Gasteiger partial charge in [0.15, 0.2) is 5.70 Å². The number of carbonyl (C=O) groups is 1. The van der Waals surface area contributed by atoms with E-state index in [1.54, 1.807) is 6.08 Å². The third-order valence-electron chi connectivity index (χ3n) is 4.53. The SMILES string of the molecule is Cc1cc(C2=N/C(=C\c3ccc(OCc4ccc(Br)cc4)cc3)C(=O)O2)ccc1I. The third kappa shape index (κ3) is 4.99. The summed E-state index contributed by atoms with van der Waals surface area (Å²) in [6.45, 7) is 2.50. The average Bonchev–Trinajstić information content (AvgIpc) is 3.11. The van der Waals surface area contributed by atoms with Crippen LogP contribution in [0, 0.1) is 10.5 Å². The summed E-state index contributed by atoms with van der Waals surface area (Å²) in [4.78, 5) is 16.6. The normalized spacial score (nSPS) is 14.6. The van der Waals surface area contributed by atoms with Crippen molar-refractivity contribution in [1.29, 1.82) is 0 Å². The van der Waals surface area contributed by atoms with Gasteiger partial charge in [-0.25, -0.2) is 9.79 Å². The Labute approximate surface area is 196 Å². The number of cyclic esters (lactones) is 1. The van der Waals surface area contributed by atoms with Crippen molar-refractivity contribution in [2.45, 2.75) is 13.5 Å². The molecule has 6 heteroatoms. The van der Waals surface area contributed by atoms with Crippen molar-refractivity contribution in [1.82, 2.24) is 0 Å². The highest BCUT2D eigenvalue weighted by molar-refractivity contribution is 14.1. The maximum Gasteiger partial charge on any atom is 0.363 e. The van der Waals surface area contributed by atoms with Crippen LogP contribution < -0.4 is 4.74 Å². The van der Waals surface area contributed by atoms with E-state index < -0.39 is 5.97 Å². The van der Waals surface area contributed by atoms with Gasteiger partial charge in [-0.15, -0.1) is 0 Å². The summed E-state index contributed by atoms with van der Waals surface area (Å²) in [6, 6.07) is 21.4. The van der Waals surface area contributed by atoms with Gasteiger partial charge in [0.2, 0.25) is 5.90 Å². The average molecular weight is 574 g/mol. The van der Waals surface area contributed by atoms with Gasteiger partial charge in [0.05, 0.1) is 0 Å². The van der Waals surface area contributed by atoms with Crippen molar-refractivity contribution in [3.05, 3.63) is 103 Å². The maximum absolute atomic E-state index is 12.2. The smallest absolute Gasteiger partial charge is 0.363 e. The zero-order valence-electron chi connectivity index (χ0n) is 16.1. The van der Waals surface area contributed by atoms with Crippen molar-refractivity contribution >= 4 is 56.5 Å². The molecule has 3 aromatic rings. The number of halogens is 2. The van der Waals surface area contributed by atoms with Crippen LogP contribution in [0.4, 0.5) is 0 Å². The molecule has 0 aliphatic carbocycles. The van der Waals surface area contributed by atoms with Crippen LogP contribution in [0.1, 0.15) is 22.3 Å². The first kappa shape index (κ1) is 20.8. The van der Waals surface area contributed by atoms with Crippen LogP contribution in [0.15, 0.2) is 81.9 Å². The Hall–Kier alpha value is -2.45. The Morgan fingerprint density at radius 1 is 1.07 bits per heavy atom. The van der Waals surface area contributed by atoms with Gasteiger partial charge in [-0.05, 0) is 94.7 Å². The van der Waals surface area contributed by atoms with Crippen molar-refractivity contribution in [3.8, 4) is 5.75 Å². The molecule has 4 nitrogen and oxygen atoms in total. The van der Waals surface area contributed by atoms with E-state index in [0.29, 0.717) is 12.5 Å². The number of aryl methyl sites for hydroxylation is 1. The van der Waals surface area contributed by atoms with E-state index in [1.165, 1.54) is 0 Å². The van der Waals surface area contributed by atoms with Gasteiger partial charge in [0, 0.05) is 13.6 Å². The molecule has 0 N–H and O–H groups in total. The molecule has 0 aromatic heterocycles. The summed E-state index contributed by atoms with van der Waals surface area (Å²) < 4.78 is 13.4. The first-order valence-corrected chi connectivity index (χ1v) is 11.1. The monoisotopic (exact) mass is 573 g/mol. The Morgan fingerprint density at radius 2 is 1.80 bits per heavy atom. The molecule has 0 saturated carbocycles. The van der Waals surface area contributed by atoms with Gasteiger partial charge >= 0.3 is 5.97 Å². The van der Waals surface area contributed by atoms with Crippen LogP contribution >= 0.6 is 38.5 Å². The van der Waals surface area contributed by atoms with E-state index in [4.69, 9.17) is 9.47 Å². The number of benzene rings is 3. The summed E-state index contributed by atoms with van der Waals surface area (Å²) in [6.07, 6.45) is 1.72. The Kier molecular flexibility index (Phi) is 6.34. The number of rotatable bonds is 5. The van der Waals surface area contributed by atoms with Crippen LogP contribution in [-0.2, 0) is 16.1 Å². The standard InChI is InChI=1S/C24H17BrINO3/c1-15-12-18(6-11-21(15)26)23-27-22(24(28)30-23)13-16-4-9-20(10-5-16)29-14-17-2-7-19(25)8-3-17/h2-13H,14H2,1H3/b22-13-. The number of hydrogen-bond acceptors (Lipinski definition) is 4. The van der Waals surface area contributed by atoms with E-state index in [0.717, 1.165) is 36.0 Å². The number of hydrogen-bond donors (Lipinski definition) is 0. The van der Waals surface area contributed by atoms with E-state index in [1.807, 2.05) is 73.7 Å². The molecule has 0 spiro atoms. The molecule has 1 aliphatic rings. The molecule has 0 unspecified atom stereocenters. The van der Waals surface area contributed by atoms with Gasteiger partial charge in [0.25, 0.3) is 0 Å². The second-order valence-corrected chi connectivity index (χ2v) is 8.86. The summed E-state index contributed by atoms with van der Waals surface area (Å²) in [5, 5.41) is 0. The molecule has 30 heavy (non-hydrogen) atoms. The number of carbonyl (C=O) groups excluding carboxylic acids is 1. The highest BCUT2D eigenvalue weighted by Crippen LogP contribution is 2.23. The van der Waals surface area contributed by atoms with Crippen molar-refractivity contribution in [2.75, 3.05) is 0 Å². The lowest BCUT2D eigenvalue weighted by Crippen LogP contribution is -2.05. The second-order valence-electron chi connectivity index (χ2n) is 6.78. The van der Waals surface area contributed by atoms with E-state index >= 15 is 0 Å². The molecule has 150 valence electrons. The fraction of sp³-hybridized carbons (Fsp3) is 0.0833. The Morgan fingerprint density at radius 3 is 2.50 bits per heavy atom. The molecule has 0 bridgehead atoms. The fourth-order valence-corrected chi connectivity index (χ4v) is 3.48. The fourth-order valence-electron chi connectivity index (χ4n) is 2.88. The molecule has 0 atom stereocenters. The van der Waals surface area contributed by atoms with Crippen LogP contribution in [0.3, 0.4) is 0 Å². The molecular formula is C24H17BrINO3. The molecule has 0 fully saturated rings. The minimum Gasteiger partial charge on any atom is -0.489 e. The largest absolute Gasteiger partial charge is 0.489 e. The van der Waals surface area contributed by atoms with E-state index in [2.05, 4.69) is 43.5 Å². The minimum atomic E-state index is -0.447. The summed E-state index contributed by atoms with van der Waals surface area (Å²) in [5.41, 5.74) is 4.13. The molecule has 3 aromatic carbocycles. The van der Waals surface area contributed by atoms with E-state index in [-0.39, 0.29) is 5.70 Å². The second kappa shape index (κ2) is 9.14. The predicted octanol–water partition coefficient (Wildman–Crippen LogP) is 6.29. The van der Waals surface area contributed by atoms with Crippen molar-refractivity contribution in [3.63, 3.8) is 0 Å². The van der Waals surface area contributed by atoms with Crippen LogP contribution in [0.2, 0.25) is 0 Å².